The van der Waals surface area contributed by atoms with Gasteiger partial charge in [-0.15, -0.1) is 6.42 Å². The van der Waals surface area contributed by atoms with E-state index in [2.05, 4.69) is 16.6 Å². The number of benzene rings is 1. The predicted molar refractivity (Wildman–Crippen MR) is 87.0 cm³/mol. The van der Waals surface area contributed by atoms with E-state index in [-0.39, 0.29) is 24.6 Å². The number of nitrogens with one attached hydrogen (secondary N) is 2. The number of carbonyl (C=O) groups is 1. The molecule has 1 aromatic carbocycles. The molecule has 0 radical (unpaired) electrons. The summed E-state index contributed by atoms with van der Waals surface area (Å²) in [5.41, 5.74) is 0.877. The molecule has 0 spiro atoms. The molecule has 0 saturated carbocycles. The lowest BCUT2D eigenvalue weighted by molar-refractivity contribution is 0.175. The summed E-state index contributed by atoms with van der Waals surface area (Å²) in [6, 6.07) is 4.89. The van der Waals surface area contributed by atoms with Crippen LogP contribution in [-0.4, -0.2) is 24.3 Å². The Balaban J connectivity index is 1.94. The molecule has 0 aliphatic heterocycles. The van der Waals surface area contributed by atoms with E-state index in [9.17, 15) is 14.3 Å². The maximum Gasteiger partial charge on any atom is 0.319 e. The molecular weight excluding hydrogens is 319 g/mol. The Morgan fingerprint density at radius 1 is 1.48 bits per heavy atom. The van der Waals surface area contributed by atoms with Crippen LogP contribution in [0.2, 0.25) is 0 Å². The topological polar surface area (TPSA) is 70.6 Å². The summed E-state index contributed by atoms with van der Waals surface area (Å²) in [4.78, 5) is 11.9. The highest BCUT2D eigenvalue weighted by Gasteiger charge is 2.12. The van der Waals surface area contributed by atoms with Gasteiger partial charge in [-0.3, -0.25) is 0 Å². The van der Waals surface area contributed by atoms with Gasteiger partial charge in [-0.05, 0) is 34.5 Å². The molecule has 1 atom stereocenters. The van der Waals surface area contributed by atoms with E-state index in [1.54, 1.807) is 11.4 Å². The Morgan fingerprint density at radius 3 is 3.00 bits per heavy atom. The summed E-state index contributed by atoms with van der Waals surface area (Å²) < 4.78 is 18.5. The number of anilines is 1. The van der Waals surface area contributed by atoms with E-state index in [1.165, 1.54) is 23.5 Å². The van der Waals surface area contributed by atoms with Crippen LogP contribution in [0.5, 0.6) is 5.75 Å². The standard InChI is InChI=1S/C16H15FN2O3S/c1-2-6-22-15-4-3-12(17)8-13(15)19-16(21)18-9-14(20)11-5-7-23-10-11/h1,3-5,7-8,10,14,20H,6,9H2,(H2,18,19,21). The highest BCUT2D eigenvalue weighted by atomic mass is 32.1. The number of urea groups is 1. The fraction of sp³-hybridized carbons (Fsp3) is 0.188. The van der Waals surface area contributed by atoms with Gasteiger partial charge >= 0.3 is 6.03 Å². The van der Waals surface area contributed by atoms with Gasteiger partial charge in [0.15, 0.2) is 0 Å². The predicted octanol–water partition coefficient (Wildman–Crippen LogP) is 2.75. The van der Waals surface area contributed by atoms with E-state index < -0.39 is 18.0 Å². The van der Waals surface area contributed by atoms with Crippen LogP contribution >= 0.6 is 11.3 Å². The van der Waals surface area contributed by atoms with E-state index in [0.717, 1.165) is 11.6 Å². The third-order valence-corrected chi connectivity index (χ3v) is 3.59. The SMILES string of the molecule is C#CCOc1ccc(F)cc1NC(=O)NCC(O)c1ccsc1. The quantitative estimate of drug-likeness (QED) is 0.712. The third-order valence-electron chi connectivity index (χ3n) is 2.88. The number of carbonyl (C=O) groups excluding carboxylic acids is 1. The first-order chi connectivity index (χ1) is 11.1. The van der Waals surface area contributed by atoms with Gasteiger partial charge in [0.05, 0.1) is 11.8 Å². The van der Waals surface area contributed by atoms with Crippen molar-refractivity contribution >= 4 is 23.1 Å². The summed E-state index contributed by atoms with van der Waals surface area (Å²) >= 11 is 1.45. The van der Waals surface area contributed by atoms with Crippen molar-refractivity contribution in [3.05, 3.63) is 46.4 Å². The first-order valence-electron chi connectivity index (χ1n) is 6.71. The molecule has 2 rings (SSSR count). The van der Waals surface area contributed by atoms with Crippen molar-refractivity contribution in [2.45, 2.75) is 6.10 Å². The Bertz CT molecular complexity index is 698. The molecule has 1 heterocycles. The fourth-order valence-electron chi connectivity index (χ4n) is 1.78. The second-order valence-electron chi connectivity index (χ2n) is 4.54. The normalized spacial score (nSPS) is 11.3. The maximum absolute atomic E-state index is 13.3. The van der Waals surface area contributed by atoms with Gasteiger partial charge < -0.3 is 20.5 Å². The van der Waals surface area contributed by atoms with Gasteiger partial charge in [0.25, 0.3) is 0 Å². The largest absolute Gasteiger partial charge is 0.479 e. The second kappa shape index (κ2) is 8.17. The Morgan fingerprint density at radius 2 is 2.30 bits per heavy atom. The molecular formula is C16H15FN2O3S. The van der Waals surface area contributed by atoms with Crippen molar-refractivity contribution in [2.24, 2.45) is 0 Å². The number of aliphatic hydroxyl groups is 1. The van der Waals surface area contributed by atoms with Crippen molar-refractivity contribution < 1.29 is 19.0 Å². The molecule has 1 aromatic heterocycles. The average Bonchev–Trinajstić information content (AvgIpc) is 3.06. The second-order valence-corrected chi connectivity index (χ2v) is 5.32. The number of amides is 2. The summed E-state index contributed by atoms with van der Waals surface area (Å²) in [7, 11) is 0. The first-order valence-corrected chi connectivity index (χ1v) is 7.65. The van der Waals surface area contributed by atoms with Crippen LogP contribution in [0.3, 0.4) is 0 Å². The van der Waals surface area contributed by atoms with Crippen molar-refractivity contribution in [1.82, 2.24) is 5.32 Å². The summed E-state index contributed by atoms with van der Waals surface area (Å²) in [5, 5.41) is 18.5. The number of hydrogen-bond donors (Lipinski definition) is 3. The molecule has 5 nitrogen and oxygen atoms in total. The van der Waals surface area contributed by atoms with Gasteiger partial charge in [-0.25, -0.2) is 9.18 Å². The van der Waals surface area contributed by atoms with Crippen LogP contribution in [0.1, 0.15) is 11.7 Å². The molecule has 1 unspecified atom stereocenters. The minimum absolute atomic E-state index is 0.00119. The Hall–Kier alpha value is -2.56. The van der Waals surface area contributed by atoms with Crippen LogP contribution in [0, 0.1) is 18.2 Å². The molecule has 0 aliphatic rings. The average molecular weight is 334 g/mol. The highest BCUT2D eigenvalue weighted by molar-refractivity contribution is 7.07. The molecule has 0 bridgehead atoms. The molecule has 23 heavy (non-hydrogen) atoms. The highest BCUT2D eigenvalue weighted by Crippen LogP contribution is 2.25. The molecule has 2 amide bonds. The minimum atomic E-state index is -0.809. The van der Waals surface area contributed by atoms with Crippen molar-refractivity contribution in [1.29, 1.82) is 0 Å². The van der Waals surface area contributed by atoms with Crippen molar-refractivity contribution in [3.8, 4) is 18.1 Å². The molecule has 3 N–H and O–H groups in total. The van der Waals surface area contributed by atoms with Crippen molar-refractivity contribution in [3.63, 3.8) is 0 Å². The third kappa shape index (κ3) is 4.98. The lowest BCUT2D eigenvalue weighted by Crippen LogP contribution is -2.32. The van der Waals surface area contributed by atoms with Crippen LogP contribution in [0.25, 0.3) is 0 Å². The van der Waals surface area contributed by atoms with Crippen LogP contribution in [0.15, 0.2) is 35.0 Å². The number of thiophene rings is 1. The van der Waals surface area contributed by atoms with Crippen LogP contribution in [-0.2, 0) is 0 Å². The van der Waals surface area contributed by atoms with E-state index in [4.69, 9.17) is 11.2 Å². The summed E-state index contributed by atoms with van der Waals surface area (Å²) in [5.74, 6) is 2.03. The number of terminal acetylenes is 1. The molecule has 0 aliphatic carbocycles. The summed E-state index contributed by atoms with van der Waals surface area (Å²) in [6.45, 7) is 0.0250. The number of aliphatic hydroxyl groups excluding tert-OH is 1. The number of halogens is 1. The van der Waals surface area contributed by atoms with Gasteiger partial charge in [-0.1, -0.05) is 5.92 Å². The lowest BCUT2D eigenvalue weighted by Gasteiger charge is -2.14. The van der Waals surface area contributed by atoms with Gasteiger partial charge in [0, 0.05) is 12.6 Å². The lowest BCUT2D eigenvalue weighted by atomic mass is 10.2. The van der Waals surface area contributed by atoms with Gasteiger partial charge in [0.2, 0.25) is 0 Å². The van der Waals surface area contributed by atoms with Gasteiger partial charge in [-0.2, -0.15) is 11.3 Å². The smallest absolute Gasteiger partial charge is 0.319 e. The van der Waals surface area contributed by atoms with Crippen molar-refractivity contribution in [2.75, 3.05) is 18.5 Å². The molecule has 120 valence electrons. The van der Waals surface area contributed by atoms with E-state index in [1.807, 2.05) is 5.38 Å². The number of ether oxygens (including phenoxy) is 1. The molecule has 7 heteroatoms. The minimum Gasteiger partial charge on any atom is -0.479 e. The zero-order valence-electron chi connectivity index (χ0n) is 12.1. The maximum atomic E-state index is 13.3. The molecule has 0 fully saturated rings. The van der Waals surface area contributed by atoms with E-state index in [0.29, 0.717) is 0 Å². The zero-order valence-corrected chi connectivity index (χ0v) is 12.9. The van der Waals surface area contributed by atoms with E-state index >= 15 is 0 Å². The molecule has 0 saturated heterocycles. The number of rotatable bonds is 6. The van der Waals surface area contributed by atoms with Crippen LogP contribution in [0.4, 0.5) is 14.9 Å². The number of hydrogen-bond acceptors (Lipinski definition) is 4. The Labute approximate surface area is 137 Å². The zero-order chi connectivity index (χ0) is 16.7. The van der Waals surface area contributed by atoms with Crippen LogP contribution < -0.4 is 15.4 Å². The summed E-state index contributed by atoms with van der Waals surface area (Å²) in [6.07, 6.45) is 4.30. The Kier molecular flexibility index (Phi) is 5.97. The fourth-order valence-corrected chi connectivity index (χ4v) is 2.49. The molecule has 2 aromatic rings. The van der Waals surface area contributed by atoms with Gasteiger partial charge in [0.1, 0.15) is 18.2 Å². The first kappa shape index (κ1) is 16.8. The monoisotopic (exact) mass is 334 g/mol.